The number of carbonyl (C=O) groups excluding carboxylic acids is 2. The van der Waals surface area contributed by atoms with Crippen LogP contribution in [-0.2, 0) is 20.9 Å². The number of thiophene rings is 1. The van der Waals surface area contributed by atoms with E-state index in [0.29, 0.717) is 13.1 Å². The number of rotatable bonds is 5. The van der Waals surface area contributed by atoms with E-state index < -0.39 is 11.8 Å². The highest BCUT2D eigenvalue weighted by Crippen LogP contribution is 2.30. The van der Waals surface area contributed by atoms with E-state index in [9.17, 15) is 9.59 Å². The normalized spacial score (nSPS) is 21.6. The van der Waals surface area contributed by atoms with Crippen LogP contribution in [-0.4, -0.2) is 42.6 Å². The largest absolute Gasteiger partial charge is 0.376 e. The van der Waals surface area contributed by atoms with E-state index in [-0.39, 0.29) is 5.60 Å². The first kappa shape index (κ1) is 15.3. The Morgan fingerprint density at radius 1 is 1.40 bits per heavy atom. The molecule has 0 saturated carbocycles. The van der Waals surface area contributed by atoms with Gasteiger partial charge in [0.25, 0.3) is 0 Å². The lowest BCUT2D eigenvalue weighted by Gasteiger charge is -2.26. The minimum Gasteiger partial charge on any atom is -0.376 e. The average molecular weight is 314 g/mol. The molecule has 0 bridgehead atoms. The van der Waals surface area contributed by atoms with Crippen LogP contribution in [0.15, 0.2) is 17.5 Å². The lowest BCUT2D eigenvalue weighted by atomic mass is 10.0. The third kappa shape index (κ3) is 3.97. The van der Waals surface area contributed by atoms with Crippen LogP contribution in [0.5, 0.6) is 0 Å². The van der Waals surface area contributed by atoms with Gasteiger partial charge >= 0.3 is 11.8 Å². The number of ether oxygens (including phenoxy) is 1. The molecule has 5 nitrogen and oxygen atoms in total. The van der Waals surface area contributed by atoms with Gasteiger partial charge in [0, 0.05) is 24.3 Å². The van der Waals surface area contributed by atoms with E-state index in [4.69, 9.17) is 4.74 Å². The predicted molar refractivity (Wildman–Crippen MR) is 80.9 cm³/mol. The summed E-state index contributed by atoms with van der Waals surface area (Å²) in [7, 11) is 1.65. The molecule has 1 aliphatic rings. The van der Waals surface area contributed by atoms with Crippen molar-refractivity contribution >= 4 is 34.9 Å². The van der Waals surface area contributed by atoms with E-state index in [1.165, 1.54) is 0 Å². The summed E-state index contributed by atoms with van der Waals surface area (Å²) in [5, 5.41) is 7.20. The third-order valence-corrected chi connectivity index (χ3v) is 5.38. The number of thioether (sulfide) groups is 1. The van der Waals surface area contributed by atoms with Crippen LogP contribution in [0.4, 0.5) is 0 Å². The van der Waals surface area contributed by atoms with Gasteiger partial charge in [0.15, 0.2) is 0 Å². The van der Waals surface area contributed by atoms with E-state index in [1.54, 1.807) is 30.2 Å². The Morgan fingerprint density at radius 2 is 2.20 bits per heavy atom. The summed E-state index contributed by atoms with van der Waals surface area (Å²) in [5.41, 5.74) is -0.325. The SMILES string of the molecule is COC1(CNC(=O)C(=O)NCc2cccs2)CCSC1. The first-order chi connectivity index (χ1) is 9.65. The Morgan fingerprint density at radius 3 is 2.80 bits per heavy atom. The van der Waals surface area contributed by atoms with Crippen LogP contribution in [0.3, 0.4) is 0 Å². The molecule has 0 radical (unpaired) electrons. The first-order valence-corrected chi connectivity index (χ1v) is 8.40. The van der Waals surface area contributed by atoms with E-state index in [2.05, 4.69) is 10.6 Å². The van der Waals surface area contributed by atoms with Crippen molar-refractivity contribution in [3.05, 3.63) is 22.4 Å². The Balaban J connectivity index is 1.75. The van der Waals surface area contributed by atoms with E-state index in [1.807, 2.05) is 17.5 Å². The number of hydrogen-bond acceptors (Lipinski definition) is 5. The molecular weight excluding hydrogens is 296 g/mol. The minimum atomic E-state index is -0.602. The molecule has 0 spiro atoms. The molecule has 2 amide bonds. The van der Waals surface area contributed by atoms with Crippen molar-refractivity contribution in [1.29, 1.82) is 0 Å². The molecular formula is C13H18N2O3S2. The number of methoxy groups -OCH3 is 1. The summed E-state index contributed by atoms with van der Waals surface area (Å²) in [5.74, 6) is 0.666. The minimum absolute atomic E-state index is 0.325. The highest BCUT2D eigenvalue weighted by atomic mass is 32.2. The number of carbonyl (C=O) groups is 2. The van der Waals surface area contributed by atoms with Crippen LogP contribution in [0.1, 0.15) is 11.3 Å². The molecule has 0 aliphatic carbocycles. The van der Waals surface area contributed by atoms with Gasteiger partial charge in [-0.05, 0) is 23.6 Å². The Labute approximate surface area is 126 Å². The summed E-state index contributed by atoms with van der Waals surface area (Å²) < 4.78 is 5.48. The second-order valence-electron chi connectivity index (χ2n) is 4.63. The van der Waals surface area contributed by atoms with Crippen LogP contribution in [0, 0.1) is 0 Å². The van der Waals surface area contributed by atoms with Gasteiger partial charge in [-0.3, -0.25) is 9.59 Å². The van der Waals surface area contributed by atoms with Gasteiger partial charge in [0.2, 0.25) is 0 Å². The summed E-state index contributed by atoms with van der Waals surface area (Å²) in [4.78, 5) is 24.4. The average Bonchev–Trinajstić information content (AvgIpc) is 3.14. The zero-order chi connectivity index (χ0) is 14.4. The Kier molecular flexibility index (Phi) is 5.45. The predicted octanol–water partition coefficient (Wildman–Crippen LogP) is 1.00. The lowest BCUT2D eigenvalue weighted by Crippen LogP contribution is -2.48. The molecule has 1 fully saturated rings. The van der Waals surface area contributed by atoms with Gasteiger partial charge in [-0.25, -0.2) is 0 Å². The van der Waals surface area contributed by atoms with Crippen molar-refractivity contribution < 1.29 is 14.3 Å². The molecule has 20 heavy (non-hydrogen) atoms. The van der Waals surface area contributed by atoms with Crippen LogP contribution < -0.4 is 10.6 Å². The van der Waals surface area contributed by atoms with Gasteiger partial charge in [-0.1, -0.05) is 6.07 Å². The van der Waals surface area contributed by atoms with Crippen molar-refractivity contribution in [3.8, 4) is 0 Å². The molecule has 2 heterocycles. The number of amides is 2. The molecule has 0 aromatic carbocycles. The quantitative estimate of drug-likeness (QED) is 0.796. The summed E-state index contributed by atoms with van der Waals surface area (Å²) in [6.45, 7) is 0.761. The van der Waals surface area contributed by atoms with Crippen LogP contribution in [0.25, 0.3) is 0 Å². The third-order valence-electron chi connectivity index (χ3n) is 3.28. The second kappa shape index (κ2) is 7.10. The van der Waals surface area contributed by atoms with Crippen molar-refractivity contribution in [2.24, 2.45) is 0 Å². The molecule has 1 aliphatic heterocycles. The fraction of sp³-hybridized carbons (Fsp3) is 0.538. The van der Waals surface area contributed by atoms with E-state index >= 15 is 0 Å². The fourth-order valence-electron chi connectivity index (χ4n) is 1.94. The maximum absolute atomic E-state index is 11.7. The highest BCUT2D eigenvalue weighted by molar-refractivity contribution is 7.99. The molecule has 110 valence electrons. The van der Waals surface area contributed by atoms with Crippen molar-refractivity contribution in [1.82, 2.24) is 10.6 Å². The van der Waals surface area contributed by atoms with E-state index in [0.717, 1.165) is 22.8 Å². The number of hydrogen-bond donors (Lipinski definition) is 2. The zero-order valence-corrected chi connectivity index (χ0v) is 12.9. The highest BCUT2D eigenvalue weighted by Gasteiger charge is 2.35. The molecule has 2 rings (SSSR count). The van der Waals surface area contributed by atoms with Gasteiger partial charge < -0.3 is 15.4 Å². The molecule has 2 N–H and O–H groups in total. The standard InChI is InChI=1S/C13H18N2O3S2/c1-18-13(4-6-19-9-13)8-15-12(17)11(16)14-7-10-3-2-5-20-10/h2-3,5H,4,6-9H2,1H3,(H,14,16)(H,15,17). The van der Waals surface area contributed by atoms with Gasteiger partial charge in [0.1, 0.15) is 0 Å². The topological polar surface area (TPSA) is 67.4 Å². The molecule has 1 atom stereocenters. The summed E-state index contributed by atoms with van der Waals surface area (Å²) in [6, 6.07) is 3.82. The molecule has 7 heteroatoms. The van der Waals surface area contributed by atoms with Gasteiger partial charge in [-0.2, -0.15) is 11.8 Å². The Bertz CT molecular complexity index is 456. The maximum atomic E-state index is 11.7. The second-order valence-corrected chi connectivity index (χ2v) is 6.77. The Hall–Kier alpha value is -1.05. The van der Waals surface area contributed by atoms with Crippen molar-refractivity contribution in [3.63, 3.8) is 0 Å². The summed E-state index contributed by atoms with van der Waals surface area (Å²) in [6.07, 6.45) is 0.894. The molecule has 1 saturated heterocycles. The lowest BCUT2D eigenvalue weighted by molar-refractivity contribution is -0.140. The van der Waals surface area contributed by atoms with Gasteiger partial charge in [0.05, 0.1) is 12.1 Å². The summed E-state index contributed by atoms with van der Waals surface area (Å²) >= 11 is 3.34. The smallest absolute Gasteiger partial charge is 0.309 e. The van der Waals surface area contributed by atoms with Crippen molar-refractivity contribution in [2.75, 3.05) is 25.2 Å². The maximum Gasteiger partial charge on any atom is 0.309 e. The van der Waals surface area contributed by atoms with Gasteiger partial charge in [-0.15, -0.1) is 11.3 Å². The number of nitrogens with one attached hydrogen (secondary N) is 2. The van der Waals surface area contributed by atoms with Crippen molar-refractivity contribution in [2.45, 2.75) is 18.6 Å². The molecule has 1 aromatic rings. The fourth-order valence-corrected chi connectivity index (χ4v) is 3.99. The first-order valence-electron chi connectivity index (χ1n) is 6.36. The van der Waals surface area contributed by atoms with Crippen LogP contribution in [0.2, 0.25) is 0 Å². The van der Waals surface area contributed by atoms with Crippen LogP contribution >= 0.6 is 23.1 Å². The molecule has 1 unspecified atom stereocenters. The zero-order valence-electron chi connectivity index (χ0n) is 11.3. The molecule has 1 aromatic heterocycles. The monoisotopic (exact) mass is 314 g/mol.